The molecule has 9 rings (SSSR count). The molecule has 0 radical (unpaired) electrons. The molecule has 0 saturated carbocycles. The lowest BCUT2D eigenvalue weighted by molar-refractivity contribution is 1.48. The monoisotopic (exact) mass is 619 g/mol. The fourth-order valence-electron chi connectivity index (χ4n) is 6.80. The van der Waals surface area contributed by atoms with Crippen molar-refractivity contribution in [3.63, 3.8) is 0 Å². The summed E-state index contributed by atoms with van der Waals surface area (Å²) < 4.78 is 5.16. The number of hydrogen-bond acceptors (Lipinski definition) is 3. The van der Waals surface area contributed by atoms with Crippen molar-refractivity contribution in [2.24, 2.45) is 0 Å². The molecule has 0 aliphatic heterocycles. The van der Waals surface area contributed by atoms with Gasteiger partial charge in [-0.1, -0.05) is 109 Å². The first-order valence-corrected chi connectivity index (χ1v) is 16.9. The molecule has 9 aromatic rings. The molecule has 0 amide bonds. The highest BCUT2D eigenvalue weighted by atomic mass is 32.1. The number of benzene rings is 7. The molecule has 0 aliphatic rings. The van der Waals surface area contributed by atoms with Gasteiger partial charge in [-0.3, -0.25) is 0 Å². The van der Waals surface area contributed by atoms with Gasteiger partial charge in [0.2, 0.25) is 0 Å². The smallest absolute Gasteiger partial charge is 0.0992 e. The van der Waals surface area contributed by atoms with Gasteiger partial charge in [-0.15, -0.1) is 22.7 Å². The van der Waals surface area contributed by atoms with E-state index in [2.05, 4.69) is 127 Å². The largest absolute Gasteiger partial charge is 0.192 e. The molecule has 214 valence electrons. The normalized spacial score (nSPS) is 11.5. The van der Waals surface area contributed by atoms with E-state index in [-0.39, 0.29) is 0 Å². The van der Waals surface area contributed by atoms with Crippen LogP contribution in [-0.4, -0.2) is 0 Å². The molecule has 2 heterocycles. The maximum Gasteiger partial charge on any atom is 0.0992 e. The summed E-state index contributed by atoms with van der Waals surface area (Å²) in [6.07, 6.45) is 0. The lowest BCUT2D eigenvalue weighted by atomic mass is 9.87. The van der Waals surface area contributed by atoms with Crippen molar-refractivity contribution in [3.8, 4) is 50.6 Å². The van der Waals surface area contributed by atoms with Gasteiger partial charge < -0.3 is 0 Å². The minimum Gasteiger partial charge on any atom is -0.192 e. The van der Waals surface area contributed by atoms with Crippen LogP contribution in [0, 0.1) is 11.3 Å². The Balaban J connectivity index is 1.35. The Hall–Kier alpha value is -5.53. The predicted molar refractivity (Wildman–Crippen MR) is 199 cm³/mol. The van der Waals surface area contributed by atoms with Gasteiger partial charge in [0, 0.05) is 40.3 Å². The molecule has 0 saturated heterocycles. The van der Waals surface area contributed by atoms with E-state index in [0.717, 1.165) is 27.8 Å². The summed E-state index contributed by atoms with van der Waals surface area (Å²) in [7, 11) is 0. The highest BCUT2D eigenvalue weighted by Gasteiger charge is 2.18. The van der Waals surface area contributed by atoms with Crippen molar-refractivity contribution in [1.82, 2.24) is 0 Å². The van der Waals surface area contributed by atoms with Crippen LogP contribution in [0.4, 0.5) is 0 Å². The summed E-state index contributed by atoms with van der Waals surface area (Å²) in [4.78, 5) is 0. The third-order valence-corrected chi connectivity index (χ3v) is 11.3. The highest BCUT2D eigenvalue weighted by Crippen LogP contribution is 2.46. The van der Waals surface area contributed by atoms with Gasteiger partial charge in [0.25, 0.3) is 0 Å². The minimum absolute atomic E-state index is 0.651. The molecule has 46 heavy (non-hydrogen) atoms. The van der Waals surface area contributed by atoms with Gasteiger partial charge in [0.1, 0.15) is 0 Å². The number of rotatable bonds is 4. The zero-order chi connectivity index (χ0) is 30.6. The maximum absolute atomic E-state index is 10.2. The van der Waals surface area contributed by atoms with Crippen molar-refractivity contribution >= 4 is 63.0 Å². The van der Waals surface area contributed by atoms with E-state index in [1.54, 1.807) is 0 Å². The first-order chi connectivity index (χ1) is 22.7. The minimum atomic E-state index is 0.651. The lowest BCUT2D eigenvalue weighted by Crippen LogP contribution is -1.91. The second kappa shape index (κ2) is 10.8. The lowest BCUT2D eigenvalue weighted by Gasteiger charge is -2.16. The molecule has 7 aromatic carbocycles. The molecular formula is C43H25NS2. The van der Waals surface area contributed by atoms with Crippen molar-refractivity contribution < 1.29 is 0 Å². The quantitative estimate of drug-likeness (QED) is 0.192. The average molecular weight is 620 g/mol. The SMILES string of the molecule is N#Cc1cc(-c2ccccc2)cc(-c2cc(-c3cccc4c3sc3ccccc34)ccc2-c2cccc3sc4ccccc4c23)c1. The Bertz CT molecular complexity index is 2650. The van der Waals surface area contributed by atoms with Crippen molar-refractivity contribution in [1.29, 1.82) is 5.26 Å². The summed E-state index contributed by atoms with van der Waals surface area (Å²) in [6.45, 7) is 0. The molecule has 0 atom stereocenters. The molecule has 0 aliphatic carbocycles. The fraction of sp³-hybridized carbons (Fsp3) is 0. The van der Waals surface area contributed by atoms with Gasteiger partial charge in [0.05, 0.1) is 11.6 Å². The summed E-state index contributed by atoms with van der Waals surface area (Å²) in [5, 5.41) is 15.3. The first-order valence-electron chi connectivity index (χ1n) is 15.3. The third-order valence-electron chi connectivity index (χ3n) is 8.91. The van der Waals surface area contributed by atoms with Crippen molar-refractivity contribution in [2.75, 3.05) is 0 Å². The topological polar surface area (TPSA) is 23.8 Å². The van der Waals surface area contributed by atoms with Crippen LogP contribution < -0.4 is 0 Å². The highest BCUT2D eigenvalue weighted by molar-refractivity contribution is 7.26. The van der Waals surface area contributed by atoms with Crippen molar-refractivity contribution in [3.05, 3.63) is 157 Å². The van der Waals surface area contributed by atoms with E-state index >= 15 is 0 Å². The number of nitrogens with zero attached hydrogens (tertiary/aromatic N) is 1. The number of thiophene rings is 2. The standard InChI is InChI=1S/C43H25NS2/c44-26-27-22-30(28-10-2-1-3-11-28)24-31(23-27)38-25-29(32-14-8-16-36-34-12-4-6-17-39(34)46-43(32)36)20-21-33(38)35-15-9-19-41-42(35)37-13-5-7-18-40(37)45-41/h1-25H. The zero-order valence-corrected chi connectivity index (χ0v) is 26.3. The van der Waals surface area contributed by atoms with E-state index in [9.17, 15) is 5.26 Å². The zero-order valence-electron chi connectivity index (χ0n) is 24.7. The Morgan fingerprint density at radius 1 is 0.391 bits per heavy atom. The molecule has 3 heteroatoms. The molecule has 2 aromatic heterocycles. The van der Waals surface area contributed by atoms with Crippen LogP contribution in [0.1, 0.15) is 5.56 Å². The number of fused-ring (bicyclic) bond motifs is 6. The van der Waals surface area contributed by atoms with Crippen LogP contribution in [0.25, 0.3) is 84.9 Å². The summed E-state index contributed by atoms with van der Waals surface area (Å²) in [5.41, 5.74) is 9.71. The summed E-state index contributed by atoms with van der Waals surface area (Å²) in [6, 6.07) is 56.6. The molecule has 0 unspecified atom stereocenters. The predicted octanol–water partition coefficient (Wildman–Crippen LogP) is 13.0. The average Bonchev–Trinajstić information content (AvgIpc) is 3.70. The van der Waals surface area contributed by atoms with Crippen molar-refractivity contribution in [2.45, 2.75) is 0 Å². The van der Waals surface area contributed by atoms with E-state index in [1.165, 1.54) is 57.0 Å². The van der Waals surface area contributed by atoms with E-state index in [4.69, 9.17) is 0 Å². The fourth-order valence-corrected chi connectivity index (χ4v) is 9.17. The van der Waals surface area contributed by atoms with Crippen LogP contribution in [0.15, 0.2) is 152 Å². The van der Waals surface area contributed by atoms with Crippen LogP contribution in [0.3, 0.4) is 0 Å². The Kier molecular flexibility index (Phi) is 6.31. The van der Waals surface area contributed by atoms with Gasteiger partial charge in [-0.05, 0) is 87.0 Å². The van der Waals surface area contributed by atoms with Gasteiger partial charge >= 0.3 is 0 Å². The molecule has 0 bridgehead atoms. The number of nitriles is 1. The molecular weight excluding hydrogens is 595 g/mol. The van der Waals surface area contributed by atoms with Crippen LogP contribution in [0.2, 0.25) is 0 Å². The van der Waals surface area contributed by atoms with E-state index in [1.807, 2.05) is 53.0 Å². The van der Waals surface area contributed by atoms with Gasteiger partial charge in [0.15, 0.2) is 0 Å². The summed E-state index contributed by atoms with van der Waals surface area (Å²) >= 11 is 3.69. The second-order valence-electron chi connectivity index (χ2n) is 11.6. The molecule has 0 fully saturated rings. The second-order valence-corrected chi connectivity index (χ2v) is 13.7. The van der Waals surface area contributed by atoms with Gasteiger partial charge in [-0.2, -0.15) is 5.26 Å². The Morgan fingerprint density at radius 2 is 1.07 bits per heavy atom. The van der Waals surface area contributed by atoms with E-state index in [0.29, 0.717) is 5.56 Å². The van der Waals surface area contributed by atoms with Crippen LogP contribution >= 0.6 is 22.7 Å². The Morgan fingerprint density at radius 3 is 1.91 bits per heavy atom. The first kappa shape index (κ1) is 26.8. The molecule has 1 nitrogen and oxygen atoms in total. The maximum atomic E-state index is 10.2. The number of hydrogen-bond donors (Lipinski definition) is 0. The third kappa shape index (κ3) is 4.35. The van der Waals surface area contributed by atoms with E-state index < -0.39 is 0 Å². The molecule has 0 N–H and O–H groups in total. The van der Waals surface area contributed by atoms with Gasteiger partial charge in [-0.25, -0.2) is 0 Å². The van der Waals surface area contributed by atoms with Crippen LogP contribution in [0.5, 0.6) is 0 Å². The Labute approximate surface area is 274 Å². The molecule has 0 spiro atoms. The summed E-state index contributed by atoms with van der Waals surface area (Å²) in [5.74, 6) is 0. The van der Waals surface area contributed by atoms with Crippen LogP contribution in [-0.2, 0) is 0 Å².